The van der Waals surface area contributed by atoms with E-state index in [4.69, 9.17) is 21.7 Å². The van der Waals surface area contributed by atoms with Gasteiger partial charge < -0.3 is 14.5 Å². The molecule has 0 aliphatic rings. The van der Waals surface area contributed by atoms with Gasteiger partial charge in [0.05, 0.1) is 14.2 Å². The third-order valence-electron chi connectivity index (χ3n) is 3.34. The van der Waals surface area contributed by atoms with E-state index in [2.05, 4.69) is 9.97 Å². The van der Waals surface area contributed by atoms with Gasteiger partial charge in [0.15, 0.2) is 4.77 Å². The normalized spacial score (nSPS) is 10.4. The Kier molecular flexibility index (Phi) is 4.80. The Balaban J connectivity index is 2.52. The molecule has 0 aliphatic carbocycles. The van der Waals surface area contributed by atoms with Crippen molar-refractivity contribution in [3.63, 3.8) is 0 Å². The molecular weight excluding hydrogens is 288 g/mol. The van der Waals surface area contributed by atoms with E-state index in [1.165, 1.54) is 0 Å². The fourth-order valence-electron chi connectivity index (χ4n) is 2.26. The highest BCUT2D eigenvalue weighted by molar-refractivity contribution is 7.71. The number of H-pyrrole nitrogens is 2. The van der Waals surface area contributed by atoms with Crippen LogP contribution >= 0.6 is 12.2 Å². The molecular formula is C15H18N2O3S. The molecule has 0 atom stereocenters. The summed E-state index contributed by atoms with van der Waals surface area (Å²) in [5, 5.41) is 0. The number of rotatable bonds is 5. The standard InChI is InChI=1S/C15H18N2O3S/c1-4-12-11(14(18)17-15(21)16-12)8-9-7-10(19-2)5-6-13(9)20-3/h5-7H,4,8H2,1-3H3,(H2,16,17,18,21). The fraction of sp³-hybridized carbons (Fsp3) is 0.333. The van der Waals surface area contributed by atoms with E-state index in [0.717, 1.165) is 22.8 Å². The zero-order valence-corrected chi connectivity index (χ0v) is 13.1. The van der Waals surface area contributed by atoms with Gasteiger partial charge in [0.2, 0.25) is 0 Å². The van der Waals surface area contributed by atoms with Gasteiger partial charge in [0.25, 0.3) is 5.56 Å². The highest BCUT2D eigenvalue weighted by atomic mass is 32.1. The number of aryl methyl sites for hydroxylation is 1. The van der Waals surface area contributed by atoms with E-state index in [1.54, 1.807) is 14.2 Å². The van der Waals surface area contributed by atoms with Gasteiger partial charge >= 0.3 is 0 Å². The van der Waals surface area contributed by atoms with Crippen LogP contribution in [0.1, 0.15) is 23.7 Å². The van der Waals surface area contributed by atoms with Crippen molar-refractivity contribution < 1.29 is 9.47 Å². The van der Waals surface area contributed by atoms with Crippen LogP contribution in [0.25, 0.3) is 0 Å². The summed E-state index contributed by atoms with van der Waals surface area (Å²) >= 11 is 5.01. The maximum Gasteiger partial charge on any atom is 0.255 e. The van der Waals surface area contributed by atoms with Crippen molar-refractivity contribution in [1.29, 1.82) is 0 Å². The first-order valence-corrected chi connectivity index (χ1v) is 7.05. The first-order valence-electron chi connectivity index (χ1n) is 6.64. The summed E-state index contributed by atoms with van der Waals surface area (Å²) < 4.78 is 10.9. The molecule has 0 bridgehead atoms. The topological polar surface area (TPSA) is 67.1 Å². The molecule has 0 saturated carbocycles. The zero-order valence-electron chi connectivity index (χ0n) is 12.3. The third kappa shape index (κ3) is 3.33. The largest absolute Gasteiger partial charge is 0.497 e. The Bertz CT molecular complexity index is 749. The number of hydrogen-bond donors (Lipinski definition) is 2. The van der Waals surface area contributed by atoms with Gasteiger partial charge in [-0.2, -0.15) is 0 Å². The van der Waals surface area contributed by atoms with E-state index in [-0.39, 0.29) is 5.56 Å². The number of hydrogen-bond acceptors (Lipinski definition) is 4. The lowest BCUT2D eigenvalue weighted by Crippen LogP contribution is -2.18. The van der Waals surface area contributed by atoms with Gasteiger partial charge in [-0.25, -0.2) is 0 Å². The molecule has 0 saturated heterocycles. The molecule has 5 nitrogen and oxygen atoms in total. The van der Waals surface area contributed by atoms with Crippen molar-refractivity contribution in [2.45, 2.75) is 19.8 Å². The van der Waals surface area contributed by atoms with Crippen molar-refractivity contribution in [2.24, 2.45) is 0 Å². The molecule has 112 valence electrons. The van der Waals surface area contributed by atoms with Crippen LogP contribution in [-0.2, 0) is 12.8 Å². The number of aromatic nitrogens is 2. The van der Waals surface area contributed by atoms with Crippen molar-refractivity contribution >= 4 is 12.2 Å². The van der Waals surface area contributed by atoms with Crippen LogP contribution in [0.3, 0.4) is 0 Å². The third-order valence-corrected chi connectivity index (χ3v) is 3.54. The lowest BCUT2D eigenvalue weighted by molar-refractivity contribution is 0.399. The molecule has 0 aliphatic heterocycles. The monoisotopic (exact) mass is 306 g/mol. The fourth-order valence-corrected chi connectivity index (χ4v) is 2.47. The first kappa shape index (κ1) is 15.3. The highest BCUT2D eigenvalue weighted by Crippen LogP contribution is 2.26. The van der Waals surface area contributed by atoms with Crippen LogP contribution in [-0.4, -0.2) is 24.2 Å². The van der Waals surface area contributed by atoms with E-state index >= 15 is 0 Å². The molecule has 1 heterocycles. The smallest absolute Gasteiger partial charge is 0.255 e. The number of ether oxygens (including phenoxy) is 2. The second-order valence-corrected chi connectivity index (χ2v) is 4.98. The second kappa shape index (κ2) is 6.58. The molecule has 2 N–H and O–H groups in total. The van der Waals surface area contributed by atoms with Crippen LogP contribution in [0, 0.1) is 4.77 Å². The van der Waals surface area contributed by atoms with Crippen LogP contribution in [0.2, 0.25) is 0 Å². The Morgan fingerprint density at radius 1 is 1.19 bits per heavy atom. The van der Waals surface area contributed by atoms with Gasteiger partial charge in [0.1, 0.15) is 11.5 Å². The SMILES string of the molecule is CCc1[nH]c(=S)[nH]c(=O)c1Cc1cc(OC)ccc1OC. The number of nitrogens with one attached hydrogen (secondary N) is 2. The average molecular weight is 306 g/mol. The lowest BCUT2D eigenvalue weighted by Gasteiger charge is -2.12. The molecule has 21 heavy (non-hydrogen) atoms. The van der Waals surface area contributed by atoms with Gasteiger partial charge in [-0.1, -0.05) is 6.92 Å². The quantitative estimate of drug-likeness (QED) is 0.833. The summed E-state index contributed by atoms with van der Waals surface area (Å²) in [6, 6.07) is 5.53. The summed E-state index contributed by atoms with van der Waals surface area (Å²) in [6.45, 7) is 1.98. The van der Waals surface area contributed by atoms with Gasteiger partial charge in [0, 0.05) is 23.2 Å². The van der Waals surface area contributed by atoms with Crippen molar-refractivity contribution in [1.82, 2.24) is 9.97 Å². The van der Waals surface area contributed by atoms with Crippen molar-refractivity contribution in [3.8, 4) is 11.5 Å². The van der Waals surface area contributed by atoms with Crippen LogP contribution in [0.5, 0.6) is 11.5 Å². The molecule has 0 fully saturated rings. The van der Waals surface area contributed by atoms with E-state index in [1.807, 2.05) is 25.1 Å². The van der Waals surface area contributed by atoms with E-state index < -0.39 is 0 Å². The maximum atomic E-state index is 12.2. The maximum absolute atomic E-state index is 12.2. The van der Waals surface area contributed by atoms with Gasteiger partial charge in [-0.15, -0.1) is 0 Å². The van der Waals surface area contributed by atoms with Crippen molar-refractivity contribution in [3.05, 3.63) is 50.1 Å². The Hall–Kier alpha value is -2.08. The summed E-state index contributed by atoms with van der Waals surface area (Å²) in [5.41, 5.74) is 2.23. The van der Waals surface area contributed by atoms with Crippen LogP contribution in [0.4, 0.5) is 0 Å². The molecule has 0 amide bonds. The van der Waals surface area contributed by atoms with Crippen LogP contribution < -0.4 is 15.0 Å². The Morgan fingerprint density at radius 2 is 1.95 bits per heavy atom. The number of benzene rings is 1. The predicted molar refractivity (Wildman–Crippen MR) is 84.0 cm³/mol. The molecule has 0 unspecified atom stereocenters. The zero-order chi connectivity index (χ0) is 15.4. The molecule has 6 heteroatoms. The molecule has 0 radical (unpaired) electrons. The molecule has 2 rings (SSSR count). The minimum atomic E-state index is -0.166. The molecule has 0 spiro atoms. The summed E-state index contributed by atoms with van der Waals surface area (Å²) in [5.74, 6) is 1.45. The second-order valence-electron chi connectivity index (χ2n) is 4.57. The summed E-state index contributed by atoms with van der Waals surface area (Å²) in [7, 11) is 3.21. The highest BCUT2D eigenvalue weighted by Gasteiger charge is 2.12. The first-order chi connectivity index (χ1) is 10.1. The number of aromatic amines is 2. The average Bonchev–Trinajstić information content (AvgIpc) is 2.49. The van der Waals surface area contributed by atoms with Crippen molar-refractivity contribution in [2.75, 3.05) is 14.2 Å². The number of methoxy groups -OCH3 is 2. The lowest BCUT2D eigenvalue weighted by atomic mass is 10.0. The summed E-state index contributed by atoms with van der Waals surface area (Å²) in [4.78, 5) is 17.8. The van der Waals surface area contributed by atoms with Gasteiger partial charge in [-0.3, -0.25) is 9.78 Å². The Labute approximate surface area is 127 Å². The molecule has 2 aromatic rings. The summed E-state index contributed by atoms with van der Waals surface area (Å²) in [6.07, 6.45) is 1.15. The Morgan fingerprint density at radius 3 is 2.57 bits per heavy atom. The van der Waals surface area contributed by atoms with Crippen LogP contribution in [0.15, 0.2) is 23.0 Å². The van der Waals surface area contributed by atoms with E-state index in [0.29, 0.717) is 23.2 Å². The minimum absolute atomic E-state index is 0.166. The predicted octanol–water partition coefficient (Wildman–Crippen LogP) is 2.60. The van der Waals surface area contributed by atoms with E-state index in [9.17, 15) is 4.79 Å². The molecule has 1 aromatic heterocycles. The molecule has 1 aromatic carbocycles. The van der Waals surface area contributed by atoms with Gasteiger partial charge in [-0.05, 0) is 36.8 Å². The minimum Gasteiger partial charge on any atom is -0.497 e.